The summed E-state index contributed by atoms with van der Waals surface area (Å²) in [4.78, 5) is 17.0. The van der Waals surface area contributed by atoms with Crippen molar-refractivity contribution in [1.82, 2.24) is 14.9 Å². The van der Waals surface area contributed by atoms with Crippen molar-refractivity contribution in [3.8, 4) is 28.5 Å². The first-order chi connectivity index (χ1) is 15.0. The number of nitrogens with zero attached hydrogens (tertiary/aromatic N) is 3. The summed E-state index contributed by atoms with van der Waals surface area (Å²) in [5.41, 5.74) is 5.13. The van der Waals surface area contributed by atoms with Gasteiger partial charge in [0, 0.05) is 17.5 Å². The quantitative estimate of drug-likeness (QED) is 0.636. The zero-order valence-electron chi connectivity index (χ0n) is 17.7. The third-order valence-electron chi connectivity index (χ3n) is 6.79. The van der Waals surface area contributed by atoms with E-state index < -0.39 is 0 Å². The number of imidazole rings is 1. The third kappa shape index (κ3) is 3.98. The standard InChI is InChI=1S/C26H26N4O/c1-26(12-13-26)29-25(31)22-10-11-23(14-22)30-17-28-16-24(30)21-8-6-20(7-9-21)19-4-2-18(15-27)3-5-19/h2-9,16-17,22-23H,10-14H2,1H3,(H,29,31). The number of hydrogen-bond acceptors (Lipinski definition) is 3. The van der Waals surface area contributed by atoms with Gasteiger partial charge in [0.25, 0.3) is 0 Å². The highest BCUT2D eigenvalue weighted by Crippen LogP contribution is 2.40. The average Bonchev–Trinajstić information content (AvgIpc) is 3.19. The predicted molar refractivity (Wildman–Crippen MR) is 120 cm³/mol. The predicted octanol–water partition coefficient (Wildman–Crippen LogP) is 5.10. The van der Waals surface area contributed by atoms with Crippen molar-refractivity contribution in [2.75, 3.05) is 0 Å². The monoisotopic (exact) mass is 410 g/mol. The Kier molecular flexibility index (Phi) is 4.86. The van der Waals surface area contributed by atoms with Crippen LogP contribution in [0.1, 0.15) is 50.6 Å². The zero-order chi connectivity index (χ0) is 21.4. The van der Waals surface area contributed by atoms with Crippen molar-refractivity contribution in [2.45, 2.75) is 50.6 Å². The molecule has 2 saturated carbocycles. The van der Waals surface area contributed by atoms with Crippen LogP contribution in [-0.2, 0) is 4.79 Å². The number of rotatable bonds is 5. The first-order valence-corrected chi connectivity index (χ1v) is 11.0. The molecule has 0 radical (unpaired) electrons. The Morgan fingerprint density at radius 2 is 1.71 bits per heavy atom. The molecule has 0 aliphatic heterocycles. The van der Waals surface area contributed by atoms with Gasteiger partial charge in [-0.3, -0.25) is 4.79 Å². The number of carbonyl (C=O) groups is 1. The first kappa shape index (κ1) is 19.6. The molecule has 5 nitrogen and oxygen atoms in total. The lowest BCUT2D eigenvalue weighted by molar-refractivity contribution is -0.125. The van der Waals surface area contributed by atoms with Gasteiger partial charge in [0.1, 0.15) is 0 Å². The van der Waals surface area contributed by atoms with Gasteiger partial charge in [-0.15, -0.1) is 0 Å². The molecule has 5 rings (SSSR count). The molecule has 1 amide bonds. The number of carbonyl (C=O) groups excluding carboxylic acids is 1. The summed E-state index contributed by atoms with van der Waals surface area (Å²) in [6.45, 7) is 2.13. The first-order valence-electron chi connectivity index (χ1n) is 11.0. The van der Waals surface area contributed by atoms with Crippen LogP contribution in [0.25, 0.3) is 22.4 Å². The summed E-state index contributed by atoms with van der Waals surface area (Å²) in [7, 11) is 0. The van der Waals surface area contributed by atoms with Gasteiger partial charge < -0.3 is 9.88 Å². The summed E-state index contributed by atoms with van der Waals surface area (Å²) < 4.78 is 2.24. The third-order valence-corrected chi connectivity index (χ3v) is 6.79. The molecule has 1 aromatic heterocycles. The summed E-state index contributed by atoms with van der Waals surface area (Å²) in [6, 6.07) is 18.5. The normalized spacial score (nSPS) is 21.4. The van der Waals surface area contributed by atoms with E-state index in [-0.39, 0.29) is 17.4 Å². The van der Waals surface area contributed by atoms with Gasteiger partial charge in [0.2, 0.25) is 5.91 Å². The van der Waals surface area contributed by atoms with Crippen molar-refractivity contribution in [1.29, 1.82) is 5.26 Å². The highest BCUT2D eigenvalue weighted by Gasteiger charge is 2.41. The molecule has 1 heterocycles. The molecule has 0 bridgehead atoms. The van der Waals surface area contributed by atoms with Crippen molar-refractivity contribution < 1.29 is 4.79 Å². The molecule has 2 unspecified atom stereocenters. The van der Waals surface area contributed by atoms with E-state index in [1.165, 1.54) is 0 Å². The number of benzene rings is 2. The van der Waals surface area contributed by atoms with E-state index in [9.17, 15) is 4.79 Å². The van der Waals surface area contributed by atoms with Gasteiger partial charge >= 0.3 is 0 Å². The Bertz CT molecular complexity index is 1130. The van der Waals surface area contributed by atoms with Crippen LogP contribution in [0.5, 0.6) is 0 Å². The molecule has 3 aromatic rings. The SMILES string of the molecule is CC1(NC(=O)C2CCC(n3cncc3-c3ccc(-c4ccc(C#N)cc4)cc3)C2)CC1. The van der Waals surface area contributed by atoms with Crippen molar-refractivity contribution in [3.05, 3.63) is 66.6 Å². The molecule has 156 valence electrons. The van der Waals surface area contributed by atoms with E-state index in [2.05, 4.69) is 52.1 Å². The molecule has 0 spiro atoms. The van der Waals surface area contributed by atoms with Gasteiger partial charge in [-0.25, -0.2) is 4.98 Å². The average molecular weight is 411 g/mol. The van der Waals surface area contributed by atoms with Crippen LogP contribution in [0.3, 0.4) is 0 Å². The van der Waals surface area contributed by atoms with Crippen LogP contribution in [0, 0.1) is 17.2 Å². The maximum Gasteiger partial charge on any atom is 0.223 e. The van der Waals surface area contributed by atoms with Gasteiger partial charge in [0.05, 0.1) is 29.9 Å². The molecule has 2 atom stereocenters. The molecule has 2 aliphatic rings. The highest BCUT2D eigenvalue weighted by atomic mass is 16.2. The van der Waals surface area contributed by atoms with Gasteiger partial charge in [0.15, 0.2) is 0 Å². The lowest BCUT2D eigenvalue weighted by Gasteiger charge is -2.18. The minimum atomic E-state index is 0.0476. The lowest BCUT2D eigenvalue weighted by Crippen LogP contribution is -2.38. The molecule has 2 aromatic carbocycles. The Hall–Kier alpha value is -3.39. The minimum Gasteiger partial charge on any atom is -0.351 e. The molecule has 31 heavy (non-hydrogen) atoms. The van der Waals surface area contributed by atoms with Crippen molar-refractivity contribution >= 4 is 5.91 Å². The largest absolute Gasteiger partial charge is 0.351 e. The van der Waals surface area contributed by atoms with Crippen LogP contribution >= 0.6 is 0 Å². The van der Waals surface area contributed by atoms with Crippen LogP contribution in [0.15, 0.2) is 61.1 Å². The molecule has 2 aliphatic carbocycles. The lowest BCUT2D eigenvalue weighted by atomic mass is 10.0. The van der Waals surface area contributed by atoms with Gasteiger partial charge in [-0.1, -0.05) is 36.4 Å². The maximum absolute atomic E-state index is 12.6. The fourth-order valence-corrected chi connectivity index (χ4v) is 4.55. The fourth-order valence-electron chi connectivity index (χ4n) is 4.55. The summed E-state index contributed by atoms with van der Waals surface area (Å²) >= 11 is 0. The fraction of sp³-hybridized carbons (Fsp3) is 0.346. The summed E-state index contributed by atoms with van der Waals surface area (Å²) in [5, 5.41) is 12.2. The number of nitrogens with one attached hydrogen (secondary N) is 1. The molecule has 2 fully saturated rings. The molecule has 1 N–H and O–H groups in total. The van der Waals surface area contributed by atoms with Crippen LogP contribution < -0.4 is 5.32 Å². The minimum absolute atomic E-state index is 0.0476. The maximum atomic E-state index is 12.6. The highest BCUT2D eigenvalue weighted by molar-refractivity contribution is 5.80. The van der Waals surface area contributed by atoms with Crippen LogP contribution in [-0.4, -0.2) is 21.0 Å². The van der Waals surface area contributed by atoms with Crippen molar-refractivity contribution in [2.24, 2.45) is 5.92 Å². The van der Waals surface area contributed by atoms with Crippen molar-refractivity contribution in [3.63, 3.8) is 0 Å². The number of aromatic nitrogens is 2. The van der Waals surface area contributed by atoms with Gasteiger partial charge in [-0.05, 0) is 67.9 Å². The Morgan fingerprint density at radius 3 is 2.35 bits per heavy atom. The molecule has 0 saturated heterocycles. The Morgan fingerprint density at radius 1 is 1.06 bits per heavy atom. The summed E-state index contributed by atoms with van der Waals surface area (Å²) in [5.74, 6) is 0.312. The number of amides is 1. The van der Waals surface area contributed by atoms with E-state index in [4.69, 9.17) is 5.26 Å². The Labute approximate surface area is 182 Å². The second-order valence-corrected chi connectivity index (χ2v) is 9.17. The molecular formula is C26H26N4O. The molecular weight excluding hydrogens is 384 g/mol. The van der Waals surface area contributed by atoms with Crippen LogP contribution in [0.2, 0.25) is 0 Å². The van der Waals surface area contributed by atoms with E-state index >= 15 is 0 Å². The second-order valence-electron chi connectivity index (χ2n) is 9.17. The smallest absolute Gasteiger partial charge is 0.223 e. The Balaban J connectivity index is 1.31. The second kappa shape index (κ2) is 7.70. The van der Waals surface area contributed by atoms with E-state index in [0.29, 0.717) is 11.6 Å². The number of hydrogen-bond donors (Lipinski definition) is 1. The zero-order valence-corrected chi connectivity index (χ0v) is 17.7. The van der Waals surface area contributed by atoms with Gasteiger partial charge in [-0.2, -0.15) is 5.26 Å². The van der Waals surface area contributed by atoms with E-state index in [1.54, 1.807) is 0 Å². The number of nitriles is 1. The topological polar surface area (TPSA) is 70.7 Å². The van der Waals surface area contributed by atoms with E-state index in [1.807, 2.05) is 36.8 Å². The van der Waals surface area contributed by atoms with E-state index in [0.717, 1.165) is 54.5 Å². The van der Waals surface area contributed by atoms with Crippen LogP contribution in [0.4, 0.5) is 0 Å². The summed E-state index contributed by atoms with van der Waals surface area (Å²) in [6.07, 6.45) is 8.81. The molecule has 5 heteroatoms.